The average molecular weight is 303 g/mol. The first kappa shape index (κ1) is 14.1. The monoisotopic (exact) mass is 302 g/mol. The van der Waals surface area contributed by atoms with Crippen LogP contribution in [-0.2, 0) is 11.1 Å². The Balaban J connectivity index is 2.70. The van der Waals surface area contributed by atoms with E-state index in [1.54, 1.807) is 31.2 Å². The average Bonchev–Trinajstić information content (AvgIpc) is 2.67. The fraction of sp³-hybridized carbons (Fsp3) is 0.182. The maximum Gasteiger partial charge on any atom is 0.363 e. The maximum atomic E-state index is 12.1. The molecule has 0 amide bonds. The van der Waals surface area contributed by atoms with Crippen molar-refractivity contribution in [1.82, 2.24) is 9.36 Å². The molecule has 0 unspecified atom stereocenters. The van der Waals surface area contributed by atoms with Gasteiger partial charge in [0.15, 0.2) is 0 Å². The van der Waals surface area contributed by atoms with Crippen molar-refractivity contribution in [2.24, 2.45) is 0 Å². The molecule has 0 saturated heterocycles. The Kier molecular flexibility index (Phi) is 3.69. The van der Waals surface area contributed by atoms with Crippen LogP contribution in [0.15, 0.2) is 35.3 Å². The van der Waals surface area contributed by atoms with Crippen molar-refractivity contribution >= 4 is 24.5 Å². The molecule has 0 aliphatic carbocycles. The Morgan fingerprint density at radius 2 is 1.84 bits per heavy atom. The molecule has 0 fully saturated rings. The lowest BCUT2D eigenvalue weighted by Crippen LogP contribution is -2.28. The van der Waals surface area contributed by atoms with Crippen LogP contribution in [0.2, 0.25) is 5.02 Å². The summed E-state index contributed by atoms with van der Waals surface area (Å²) in [4.78, 5) is 30.4. The van der Waals surface area contributed by atoms with Crippen molar-refractivity contribution < 1.29 is 14.4 Å². The molecule has 19 heavy (non-hydrogen) atoms. The van der Waals surface area contributed by atoms with E-state index in [-0.39, 0.29) is 0 Å². The van der Waals surface area contributed by atoms with Crippen LogP contribution in [0.1, 0.15) is 6.92 Å². The van der Waals surface area contributed by atoms with Crippen molar-refractivity contribution in [2.45, 2.75) is 13.5 Å². The van der Waals surface area contributed by atoms with Crippen LogP contribution in [0, 0.1) is 0 Å². The Morgan fingerprint density at radius 1 is 1.26 bits per heavy atom. The van der Waals surface area contributed by atoms with Gasteiger partial charge < -0.3 is 9.79 Å². The quantitative estimate of drug-likeness (QED) is 0.832. The molecule has 6 nitrogen and oxygen atoms in total. The van der Waals surface area contributed by atoms with Gasteiger partial charge in [-0.15, -0.1) is 0 Å². The van der Waals surface area contributed by atoms with Gasteiger partial charge in [0.1, 0.15) is 5.30 Å². The highest BCUT2D eigenvalue weighted by Gasteiger charge is 2.26. The number of benzene rings is 1. The topological polar surface area (TPSA) is 84.5 Å². The third-order valence-corrected chi connectivity index (χ3v) is 3.84. The standard InChI is InChI=1S/C11H12ClN2O4P/c1-2-13-7-10(19(16,17)18)11(15)14(13)9-5-3-8(12)4-6-9/h3-7H,2H2,1H3,(H2,16,17,18). The zero-order valence-electron chi connectivity index (χ0n) is 10.0. The van der Waals surface area contributed by atoms with Crippen molar-refractivity contribution in [3.8, 4) is 5.69 Å². The number of halogens is 1. The van der Waals surface area contributed by atoms with Crippen LogP contribution in [0.3, 0.4) is 0 Å². The summed E-state index contributed by atoms with van der Waals surface area (Å²) in [7, 11) is -4.59. The minimum atomic E-state index is -4.59. The molecule has 2 N–H and O–H groups in total. The molecule has 2 aromatic rings. The molecule has 0 bridgehead atoms. The van der Waals surface area contributed by atoms with E-state index in [0.717, 1.165) is 0 Å². The van der Waals surface area contributed by atoms with Gasteiger partial charge in [0.2, 0.25) is 0 Å². The summed E-state index contributed by atoms with van der Waals surface area (Å²) in [6.07, 6.45) is 1.18. The van der Waals surface area contributed by atoms with Crippen LogP contribution >= 0.6 is 19.2 Å². The fourth-order valence-electron chi connectivity index (χ4n) is 1.76. The van der Waals surface area contributed by atoms with Gasteiger partial charge in [-0.25, -0.2) is 4.68 Å². The Bertz CT molecular complexity index is 698. The third kappa shape index (κ3) is 2.67. The first-order valence-corrected chi connectivity index (χ1v) is 7.48. The smallest absolute Gasteiger partial charge is 0.321 e. The molecule has 102 valence electrons. The van der Waals surface area contributed by atoms with Gasteiger partial charge in [-0.3, -0.25) is 14.0 Å². The normalized spacial score (nSPS) is 11.8. The van der Waals surface area contributed by atoms with Crippen LogP contribution in [-0.4, -0.2) is 19.2 Å². The van der Waals surface area contributed by atoms with E-state index in [1.807, 2.05) is 0 Å². The van der Waals surface area contributed by atoms with Crippen molar-refractivity contribution in [3.63, 3.8) is 0 Å². The lowest BCUT2D eigenvalue weighted by Gasteiger charge is -2.08. The predicted molar refractivity (Wildman–Crippen MR) is 72.4 cm³/mol. The molecule has 0 aliphatic rings. The summed E-state index contributed by atoms with van der Waals surface area (Å²) < 4.78 is 13.9. The molecular formula is C11H12ClN2O4P. The predicted octanol–water partition coefficient (Wildman–Crippen LogP) is 1.12. The number of nitrogens with zero attached hydrogens (tertiary/aromatic N) is 2. The van der Waals surface area contributed by atoms with Gasteiger partial charge >= 0.3 is 7.60 Å². The Hall–Kier alpha value is -1.33. The van der Waals surface area contributed by atoms with Crippen LogP contribution < -0.4 is 10.9 Å². The second kappa shape index (κ2) is 4.98. The summed E-state index contributed by atoms with van der Waals surface area (Å²) in [5, 5.41) is 0.00548. The summed E-state index contributed by atoms with van der Waals surface area (Å²) >= 11 is 5.77. The third-order valence-electron chi connectivity index (χ3n) is 2.65. The van der Waals surface area contributed by atoms with Gasteiger partial charge in [0.05, 0.1) is 5.69 Å². The van der Waals surface area contributed by atoms with Gasteiger partial charge in [-0.05, 0) is 31.2 Å². The van der Waals surface area contributed by atoms with E-state index in [4.69, 9.17) is 21.4 Å². The summed E-state index contributed by atoms with van der Waals surface area (Å²) in [5.41, 5.74) is -0.228. The zero-order chi connectivity index (χ0) is 14.2. The first-order chi connectivity index (χ1) is 8.84. The van der Waals surface area contributed by atoms with E-state index in [1.165, 1.54) is 15.6 Å². The molecule has 2 rings (SSSR count). The largest absolute Gasteiger partial charge is 0.363 e. The highest BCUT2D eigenvalue weighted by Crippen LogP contribution is 2.31. The second-order valence-electron chi connectivity index (χ2n) is 3.91. The first-order valence-electron chi connectivity index (χ1n) is 5.49. The zero-order valence-corrected chi connectivity index (χ0v) is 11.7. The number of aryl methyl sites for hydroxylation is 1. The highest BCUT2D eigenvalue weighted by atomic mass is 35.5. The van der Waals surface area contributed by atoms with Crippen LogP contribution in [0.5, 0.6) is 0 Å². The Morgan fingerprint density at radius 3 is 2.32 bits per heavy atom. The van der Waals surface area contributed by atoms with E-state index in [0.29, 0.717) is 17.3 Å². The molecule has 1 aromatic carbocycles. The fourth-order valence-corrected chi connectivity index (χ4v) is 2.51. The molecule has 8 heteroatoms. The minimum Gasteiger partial charge on any atom is -0.321 e. The van der Waals surface area contributed by atoms with Crippen LogP contribution in [0.4, 0.5) is 0 Å². The number of rotatable bonds is 3. The van der Waals surface area contributed by atoms with Gasteiger partial charge in [-0.2, -0.15) is 0 Å². The lowest BCUT2D eigenvalue weighted by atomic mass is 10.3. The van der Waals surface area contributed by atoms with Gasteiger partial charge in [-0.1, -0.05) is 11.6 Å². The van der Waals surface area contributed by atoms with Crippen molar-refractivity contribution in [1.29, 1.82) is 0 Å². The molecule has 0 spiro atoms. The molecular weight excluding hydrogens is 291 g/mol. The van der Waals surface area contributed by atoms with E-state index in [9.17, 15) is 9.36 Å². The second-order valence-corrected chi connectivity index (χ2v) is 5.91. The summed E-state index contributed by atoms with van der Waals surface area (Å²) in [6.45, 7) is 2.17. The van der Waals surface area contributed by atoms with Crippen LogP contribution in [0.25, 0.3) is 5.69 Å². The van der Waals surface area contributed by atoms with E-state index in [2.05, 4.69) is 0 Å². The molecule has 0 atom stereocenters. The van der Waals surface area contributed by atoms with Crippen molar-refractivity contribution in [3.05, 3.63) is 45.8 Å². The summed E-state index contributed by atoms with van der Waals surface area (Å²) in [6, 6.07) is 6.43. The molecule has 1 heterocycles. The maximum absolute atomic E-state index is 12.1. The molecule has 0 radical (unpaired) electrons. The molecule has 1 aromatic heterocycles. The molecule has 0 aliphatic heterocycles. The minimum absolute atomic E-state index is 0.401. The number of aromatic nitrogens is 2. The van der Waals surface area contributed by atoms with E-state index >= 15 is 0 Å². The van der Waals surface area contributed by atoms with Gasteiger partial charge in [0, 0.05) is 17.8 Å². The van der Waals surface area contributed by atoms with Gasteiger partial charge in [0.25, 0.3) is 5.56 Å². The molecule has 0 saturated carbocycles. The highest BCUT2D eigenvalue weighted by molar-refractivity contribution is 7.60. The van der Waals surface area contributed by atoms with E-state index < -0.39 is 18.5 Å². The SMILES string of the molecule is CCn1cc(P(=O)(O)O)c(=O)n1-c1ccc(Cl)cc1. The van der Waals surface area contributed by atoms with Crippen molar-refractivity contribution in [2.75, 3.05) is 0 Å². The lowest BCUT2D eigenvalue weighted by molar-refractivity contribution is 0.387. The summed E-state index contributed by atoms with van der Waals surface area (Å²) in [5.74, 6) is 0. The number of hydrogen-bond donors (Lipinski definition) is 2. The number of hydrogen-bond acceptors (Lipinski definition) is 2. The Labute approximate surface area is 114 Å².